The zero-order chi connectivity index (χ0) is 29.6. The maximum atomic E-state index is 14.4. The summed E-state index contributed by atoms with van der Waals surface area (Å²) in [6, 6.07) is 13.9. The number of benzene rings is 2. The van der Waals surface area contributed by atoms with Crippen molar-refractivity contribution < 1.29 is 40.0 Å². The second-order valence-electron chi connectivity index (χ2n) is 7.23. The van der Waals surface area contributed by atoms with E-state index >= 15 is 0 Å². The average molecular weight is 583 g/mol. The van der Waals surface area contributed by atoms with Gasteiger partial charge in [0.1, 0.15) is 17.2 Å². The Morgan fingerprint density at radius 2 is 1.69 bits per heavy atom. The lowest BCUT2D eigenvalue weighted by molar-refractivity contribution is -0.0945. The summed E-state index contributed by atoms with van der Waals surface area (Å²) >= 11 is 5.88. The van der Waals surface area contributed by atoms with E-state index in [2.05, 4.69) is 9.89 Å². The number of aromatic nitrogens is 1. The smallest absolute Gasteiger partial charge is 0.433 e. The van der Waals surface area contributed by atoms with Crippen LogP contribution in [-0.2, 0) is 10.6 Å². The fraction of sp³-hybridized carbons (Fsp3) is 0.280. The van der Waals surface area contributed by atoms with E-state index in [0.717, 1.165) is 11.4 Å². The zero-order valence-electron chi connectivity index (χ0n) is 21.1. The van der Waals surface area contributed by atoms with Crippen LogP contribution >= 0.6 is 11.6 Å². The lowest BCUT2D eigenvalue weighted by Gasteiger charge is -2.30. The number of methoxy groups -OCH3 is 1. The Labute approximate surface area is 225 Å². The van der Waals surface area contributed by atoms with Gasteiger partial charge < -0.3 is 9.26 Å². The molecule has 0 saturated heterocycles. The highest BCUT2D eigenvalue weighted by atomic mass is 35.5. The first kappa shape index (κ1) is 33.4. The van der Waals surface area contributed by atoms with Crippen LogP contribution in [0.1, 0.15) is 11.3 Å². The minimum Gasteiger partial charge on any atom is -0.487 e. The molecule has 0 radical (unpaired) electrons. The number of hydrogen-bond acceptors (Lipinski definition) is 6. The van der Waals surface area contributed by atoms with Crippen molar-refractivity contribution in [3.8, 4) is 11.3 Å². The van der Waals surface area contributed by atoms with E-state index < -0.39 is 24.6 Å². The standard InChI is InChI=1S/C21H16ClF4N3O.C2H5NO.CH2F2.CH3F/c1-28-12-15(20(21(24,25)26)29(28)14-7-3-2-4-8-14)18-10-17(27-30-18)19-13(11-22)6-5-9-16(19)23;1-4-2-3;2-1-3;1-2/h2-10H,11-12H2,1H3;2-3H,1H3;1H2;1H3. The maximum absolute atomic E-state index is 14.4. The highest BCUT2D eigenvalue weighted by molar-refractivity contribution is 6.17. The molecule has 0 bridgehead atoms. The summed E-state index contributed by atoms with van der Waals surface area (Å²) in [6.45, 7) is -1.81. The average Bonchev–Trinajstić information content (AvgIpc) is 3.55. The van der Waals surface area contributed by atoms with Crippen LogP contribution < -0.4 is 5.01 Å². The molecule has 0 amide bonds. The Balaban J connectivity index is 0.000000748. The Bertz CT molecular complexity index is 1190. The van der Waals surface area contributed by atoms with Gasteiger partial charge in [-0.3, -0.25) is 14.8 Å². The van der Waals surface area contributed by atoms with E-state index in [4.69, 9.17) is 21.5 Å². The normalized spacial score (nSPS) is 12.9. The predicted octanol–water partition coefficient (Wildman–Crippen LogP) is 7.57. The molecule has 1 aliphatic rings. The van der Waals surface area contributed by atoms with Crippen molar-refractivity contribution in [2.24, 2.45) is 0 Å². The van der Waals surface area contributed by atoms with Crippen LogP contribution in [0.15, 0.2) is 64.8 Å². The topological polar surface area (TPSA) is 65.6 Å². The summed E-state index contributed by atoms with van der Waals surface area (Å²) in [6.07, 6.45) is -3.78. The third kappa shape index (κ3) is 8.72. The van der Waals surface area contributed by atoms with Crippen LogP contribution in [-0.4, -0.2) is 57.6 Å². The van der Waals surface area contributed by atoms with E-state index in [1.54, 1.807) is 43.4 Å². The lowest BCUT2D eigenvalue weighted by Crippen LogP contribution is -2.38. The number of para-hydroxylation sites is 1. The SMILES string of the molecule is CF.CN1CC(c2cc(-c3c(F)cccc3CCl)no2)=C(C(F)(F)F)N1c1ccccc1.COC=N.FCF. The molecule has 0 saturated carbocycles. The van der Waals surface area contributed by atoms with Gasteiger partial charge in [0.15, 0.2) is 12.2 Å². The van der Waals surface area contributed by atoms with Gasteiger partial charge in [0.25, 0.3) is 0 Å². The van der Waals surface area contributed by atoms with Crippen molar-refractivity contribution in [2.45, 2.75) is 12.1 Å². The second kappa shape index (κ2) is 16.4. The number of nitrogens with zero attached hydrogens (tertiary/aromatic N) is 3. The van der Waals surface area contributed by atoms with Crippen molar-refractivity contribution in [3.05, 3.63) is 77.4 Å². The van der Waals surface area contributed by atoms with Crippen LogP contribution in [0.4, 0.5) is 36.4 Å². The van der Waals surface area contributed by atoms with Crippen LogP contribution in [0.25, 0.3) is 16.8 Å². The number of ether oxygens (including phenoxy) is 1. The van der Waals surface area contributed by atoms with E-state index in [1.807, 2.05) is 0 Å². The minimum absolute atomic E-state index is 0.0241. The van der Waals surface area contributed by atoms with Gasteiger partial charge in [-0.05, 0) is 23.8 Å². The van der Waals surface area contributed by atoms with Gasteiger partial charge in [-0.1, -0.05) is 35.5 Å². The fourth-order valence-electron chi connectivity index (χ4n) is 3.56. The molecule has 0 aliphatic carbocycles. The number of halogens is 8. The fourth-order valence-corrected chi connectivity index (χ4v) is 3.78. The van der Waals surface area contributed by atoms with E-state index in [1.165, 1.54) is 30.3 Å². The first-order valence-corrected chi connectivity index (χ1v) is 11.4. The van der Waals surface area contributed by atoms with Crippen LogP contribution in [0.2, 0.25) is 0 Å². The molecule has 0 spiro atoms. The van der Waals surface area contributed by atoms with Gasteiger partial charge in [0.05, 0.1) is 20.0 Å². The highest BCUT2D eigenvalue weighted by Crippen LogP contribution is 2.43. The molecule has 2 heterocycles. The Kier molecular flexibility index (Phi) is 14.1. The largest absolute Gasteiger partial charge is 0.487 e. The highest BCUT2D eigenvalue weighted by Gasteiger charge is 2.47. The van der Waals surface area contributed by atoms with Crippen molar-refractivity contribution in [1.82, 2.24) is 10.2 Å². The Morgan fingerprint density at radius 3 is 2.21 bits per heavy atom. The van der Waals surface area contributed by atoms with Crippen LogP contribution in [0.5, 0.6) is 0 Å². The molecule has 3 aromatic rings. The molecule has 0 fully saturated rings. The minimum atomic E-state index is -4.65. The lowest BCUT2D eigenvalue weighted by atomic mass is 10.0. The van der Waals surface area contributed by atoms with Crippen LogP contribution in [0.3, 0.4) is 0 Å². The quantitative estimate of drug-likeness (QED) is 0.145. The summed E-state index contributed by atoms with van der Waals surface area (Å²) in [5, 5.41) is 12.5. The van der Waals surface area contributed by atoms with Crippen LogP contribution in [0, 0.1) is 11.2 Å². The van der Waals surface area contributed by atoms with Crippen molar-refractivity contribution >= 4 is 29.3 Å². The third-order valence-corrected chi connectivity index (χ3v) is 5.21. The summed E-state index contributed by atoms with van der Waals surface area (Å²) in [5.41, 5.74) is 0.0782. The van der Waals surface area contributed by atoms with E-state index in [9.17, 15) is 30.7 Å². The molecular formula is C25H26ClF7N4O2. The number of nitrogens with one attached hydrogen (secondary N) is 1. The molecule has 1 N–H and O–H groups in total. The second-order valence-corrected chi connectivity index (χ2v) is 7.49. The van der Waals surface area contributed by atoms with Crippen molar-refractivity contribution in [1.29, 1.82) is 5.41 Å². The molecule has 214 valence electrons. The third-order valence-electron chi connectivity index (χ3n) is 4.92. The molecule has 4 rings (SSSR count). The number of allylic oxidation sites excluding steroid dienone is 1. The van der Waals surface area contributed by atoms with Gasteiger partial charge in [0.2, 0.25) is 6.93 Å². The molecule has 1 aromatic heterocycles. The number of hydrogen-bond donors (Lipinski definition) is 1. The molecular weight excluding hydrogens is 557 g/mol. The Morgan fingerprint density at radius 1 is 1.10 bits per heavy atom. The first-order chi connectivity index (χ1) is 18.6. The number of rotatable bonds is 5. The van der Waals surface area contributed by atoms with E-state index in [0.29, 0.717) is 18.4 Å². The number of alkyl halides is 7. The first-order valence-electron chi connectivity index (χ1n) is 10.8. The predicted molar refractivity (Wildman–Crippen MR) is 136 cm³/mol. The number of likely N-dealkylation sites (N-methyl/N-ethyl adjacent to an activating group) is 1. The molecule has 0 unspecified atom stereocenters. The Hall–Kier alpha value is -3.58. The summed E-state index contributed by atoms with van der Waals surface area (Å²) in [5.74, 6) is -0.630. The number of hydrazine groups is 1. The zero-order valence-corrected chi connectivity index (χ0v) is 21.8. The van der Waals surface area contributed by atoms with Crippen molar-refractivity contribution in [2.75, 3.05) is 39.8 Å². The van der Waals surface area contributed by atoms with Gasteiger partial charge >= 0.3 is 6.18 Å². The van der Waals surface area contributed by atoms with Gasteiger partial charge in [0, 0.05) is 36.7 Å². The maximum Gasteiger partial charge on any atom is 0.433 e. The summed E-state index contributed by atoms with van der Waals surface area (Å²) in [4.78, 5) is 0. The molecule has 39 heavy (non-hydrogen) atoms. The summed E-state index contributed by atoms with van der Waals surface area (Å²) in [7, 11) is 3.48. The van der Waals surface area contributed by atoms with Gasteiger partial charge in [-0.15, -0.1) is 11.6 Å². The summed E-state index contributed by atoms with van der Waals surface area (Å²) < 4.78 is 94.6. The molecule has 0 atom stereocenters. The molecule has 1 aliphatic heterocycles. The van der Waals surface area contributed by atoms with Gasteiger partial charge in [-0.2, -0.15) is 13.2 Å². The van der Waals surface area contributed by atoms with Crippen molar-refractivity contribution in [3.63, 3.8) is 0 Å². The molecule has 2 aromatic carbocycles. The monoisotopic (exact) mass is 582 g/mol. The van der Waals surface area contributed by atoms with Gasteiger partial charge in [-0.25, -0.2) is 18.2 Å². The molecule has 14 heteroatoms. The van der Waals surface area contributed by atoms with E-state index in [-0.39, 0.29) is 35.0 Å². The molecule has 6 nitrogen and oxygen atoms in total. The number of anilines is 1.